The minimum absolute atomic E-state index is 0.187. The van der Waals surface area contributed by atoms with E-state index in [1.807, 2.05) is 24.3 Å². The molecule has 1 amide bonds. The summed E-state index contributed by atoms with van der Waals surface area (Å²) in [5.74, 6) is 2.30. The Bertz CT molecular complexity index is 1010. The fraction of sp³-hybridized carbons (Fsp3) is 0.615. The molecule has 2 aromatic rings. The van der Waals surface area contributed by atoms with E-state index in [0.717, 1.165) is 68.8 Å². The zero-order valence-corrected chi connectivity index (χ0v) is 20.7. The van der Waals surface area contributed by atoms with Gasteiger partial charge in [-0.2, -0.15) is 10.2 Å². The van der Waals surface area contributed by atoms with Crippen LogP contribution in [-0.4, -0.2) is 53.2 Å². The second kappa shape index (κ2) is 11.5. The lowest BCUT2D eigenvalue weighted by Crippen LogP contribution is -2.40. The number of rotatable bonds is 9. The third-order valence-corrected chi connectivity index (χ3v) is 7.05. The fourth-order valence-corrected chi connectivity index (χ4v) is 4.82. The van der Waals surface area contributed by atoms with Crippen molar-refractivity contribution in [3.63, 3.8) is 0 Å². The number of nitriles is 1. The highest BCUT2D eigenvalue weighted by Gasteiger charge is 2.32. The highest BCUT2D eigenvalue weighted by molar-refractivity contribution is 5.84. The molecule has 1 unspecified atom stereocenters. The molecule has 2 atom stereocenters. The largest absolute Gasteiger partial charge is 0.494 e. The molecule has 188 valence electrons. The Morgan fingerprint density at radius 3 is 2.63 bits per heavy atom. The van der Waals surface area contributed by atoms with Crippen molar-refractivity contribution in [2.24, 2.45) is 11.7 Å². The number of nitrogens with zero attached hydrogens (tertiary/aromatic N) is 5. The van der Waals surface area contributed by atoms with Gasteiger partial charge in [0.05, 0.1) is 12.7 Å². The maximum atomic E-state index is 12.7. The van der Waals surface area contributed by atoms with Crippen molar-refractivity contribution in [3.05, 3.63) is 35.7 Å². The zero-order valence-electron chi connectivity index (χ0n) is 20.7. The lowest BCUT2D eigenvalue weighted by Gasteiger charge is -2.30. The third kappa shape index (κ3) is 6.12. The highest BCUT2D eigenvalue weighted by atomic mass is 16.5. The molecule has 1 aromatic heterocycles. The first-order chi connectivity index (χ1) is 17.0. The number of benzene rings is 1. The zero-order chi connectivity index (χ0) is 24.8. The van der Waals surface area contributed by atoms with Crippen LogP contribution < -0.4 is 15.4 Å². The van der Waals surface area contributed by atoms with Crippen molar-refractivity contribution in [1.82, 2.24) is 15.0 Å². The average molecular weight is 481 g/mol. The number of carbonyl (C=O) groups excluding carboxylic acids is 1. The lowest BCUT2D eigenvalue weighted by atomic mass is 9.92. The van der Waals surface area contributed by atoms with Gasteiger partial charge in [-0.3, -0.25) is 4.79 Å². The standard InChI is InChI=1S/C26H36N6O3/c1-18(2)24-29-26(35-30-24)31-14-11-19(12-15-31)5-4-16-34-22-9-7-20(8-10-22)23(28)25(33)32-13-3-6-21(32)17-27/h7-10,18-19,21,23H,3-6,11-16,28H2,1-2H3/t21?,23-/m1/s1. The van der Waals surface area contributed by atoms with E-state index in [4.69, 9.17) is 15.0 Å². The molecule has 2 N–H and O–H groups in total. The third-order valence-electron chi connectivity index (χ3n) is 7.05. The molecule has 2 aliphatic heterocycles. The van der Waals surface area contributed by atoms with Gasteiger partial charge in [0.2, 0.25) is 5.91 Å². The second-order valence-corrected chi connectivity index (χ2v) is 9.88. The van der Waals surface area contributed by atoms with Crippen molar-refractivity contribution in [1.29, 1.82) is 5.26 Å². The van der Waals surface area contributed by atoms with Crippen molar-refractivity contribution in [2.45, 2.75) is 70.4 Å². The highest BCUT2D eigenvalue weighted by Crippen LogP contribution is 2.27. The normalized spacial score (nSPS) is 19.7. The molecule has 0 aliphatic carbocycles. The Labute approximate surface area is 207 Å². The summed E-state index contributed by atoms with van der Waals surface area (Å²) < 4.78 is 11.3. The Morgan fingerprint density at radius 2 is 1.97 bits per heavy atom. The van der Waals surface area contributed by atoms with Crippen LogP contribution in [0.5, 0.6) is 5.75 Å². The molecule has 4 rings (SSSR count). The number of hydrogen-bond donors (Lipinski definition) is 1. The van der Waals surface area contributed by atoms with Gasteiger partial charge in [-0.05, 0) is 62.1 Å². The summed E-state index contributed by atoms with van der Waals surface area (Å²) in [5.41, 5.74) is 6.93. The van der Waals surface area contributed by atoms with Crippen LogP contribution in [0.25, 0.3) is 0 Å². The van der Waals surface area contributed by atoms with Gasteiger partial charge in [-0.15, -0.1) is 0 Å². The summed E-state index contributed by atoms with van der Waals surface area (Å²) in [6.07, 6.45) is 5.92. The van der Waals surface area contributed by atoms with E-state index in [0.29, 0.717) is 25.1 Å². The van der Waals surface area contributed by atoms with E-state index in [-0.39, 0.29) is 17.9 Å². The molecule has 2 aliphatic rings. The molecule has 0 bridgehead atoms. The predicted molar refractivity (Wildman–Crippen MR) is 132 cm³/mol. The first kappa shape index (κ1) is 25.0. The Balaban J connectivity index is 1.16. The number of anilines is 1. The minimum Gasteiger partial charge on any atom is -0.494 e. The number of carbonyl (C=O) groups is 1. The number of amides is 1. The van der Waals surface area contributed by atoms with E-state index in [9.17, 15) is 10.1 Å². The molecule has 2 saturated heterocycles. The monoisotopic (exact) mass is 480 g/mol. The lowest BCUT2D eigenvalue weighted by molar-refractivity contribution is -0.132. The van der Waals surface area contributed by atoms with Gasteiger partial charge in [-0.1, -0.05) is 31.1 Å². The number of ether oxygens (including phenoxy) is 1. The van der Waals surface area contributed by atoms with Gasteiger partial charge in [0.1, 0.15) is 17.8 Å². The number of aromatic nitrogens is 2. The first-order valence-electron chi connectivity index (χ1n) is 12.7. The molecule has 0 spiro atoms. The van der Waals surface area contributed by atoms with E-state index in [1.54, 1.807) is 4.90 Å². The minimum atomic E-state index is -0.756. The number of likely N-dealkylation sites (tertiary alicyclic amines) is 1. The first-order valence-corrected chi connectivity index (χ1v) is 12.7. The molecule has 9 nitrogen and oxygen atoms in total. The van der Waals surface area contributed by atoms with E-state index in [2.05, 4.69) is 35.0 Å². The van der Waals surface area contributed by atoms with Crippen LogP contribution in [0, 0.1) is 17.2 Å². The molecular weight excluding hydrogens is 444 g/mol. The molecular formula is C26H36N6O3. The second-order valence-electron chi connectivity index (χ2n) is 9.88. The van der Waals surface area contributed by atoms with Crippen LogP contribution in [0.15, 0.2) is 28.8 Å². The predicted octanol–water partition coefficient (Wildman–Crippen LogP) is 3.78. The average Bonchev–Trinajstić information content (AvgIpc) is 3.57. The Morgan fingerprint density at radius 1 is 1.23 bits per heavy atom. The molecule has 0 saturated carbocycles. The summed E-state index contributed by atoms with van der Waals surface area (Å²) in [6, 6.07) is 9.13. The topological polar surface area (TPSA) is 122 Å². The molecule has 2 fully saturated rings. The number of piperidine rings is 1. The molecule has 3 heterocycles. The van der Waals surface area contributed by atoms with Gasteiger partial charge in [0.15, 0.2) is 5.82 Å². The molecule has 35 heavy (non-hydrogen) atoms. The van der Waals surface area contributed by atoms with Crippen LogP contribution in [0.3, 0.4) is 0 Å². The molecule has 1 aromatic carbocycles. The van der Waals surface area contributed by atoms with E-state index < -0.39 is 6.04 Å². The van der Waals surface area contributed by atoms with Crippen molar-refractivity contribution in [3.8, 4) is 11.8 Å². The van der Waals surface area contributed by atoms with Crippen LogP contribution in [-0.2, 0) is 4.79 Å². The van der Waals surface area contributed by atoms with Crippen LogP contribution in [0.4, 0.5) is 6.01 Å². The van der Waals surface area contributed by atoms with Crippen LogP contribution >= 0.6 is 0 Å². The quantitative estimate of drug-likeness (QED) is 0.538. The summed E-state index contributed by atoms with van der Waals surface area (Å²) in [7, 11) is 0. The molecule has 9 heteroatoms. The van der Waals surface area contributed by atoms with Crippen molar-refractivity contribution in [2.75, 3.05) is 31.1 Å². The van der Waals surface area contributed by atoms with Gasteiger partial charge in [0.25, 0.3) is 0 Å². The summed E-state index contributed by atoms with van der Waals surface area (Å²) in [5, 5.41) is 13.3. The maximum Gasteiger partial charge on any atom is 0.324 e. The van der Waals surface area contributed by atoms with Gasteiger partial charge in [0, 0.05) is 25.6 Å². The van der Waals surface area contributed by atoms with Gasteiger partial charge < -0.3 is 24.8 Å². The summed E-state index contributed by atoms with van der Waals surface area (Å²) >= 11 is 0. The molecule has 0 radical (unpaired) electrons. The van der Waals surface area contributed by atoms with Crippen LogP contribution in [0.1, 0.15) is 75.7 Å². The summed E-state index contributed by atoms with van der Waals surface area (Å²) in [4.78, 5) is 21.0. The number of hydrogen-bond acceptors (Lipinski definition) is 8. The van der Waals surface area contributed by atoms with Gasteiger partial charge in [-0.25, -0.2) is 0 Å². The fourth-order valence-electron chi connectivity index (χ4n) is 4.82. The van der Waals surface area contributed by atoms with Crippen LogP contribution in [0.2, 0.25) is 0 Å². The van der Waals surface area contributed by atoms with Crippen molar-refractivity contribution < 1.29 is 14.1 Å². The smallest absolute Gasteiger partial charge is 0.324 e. The Hall–Kier alpha value is -3.12. The maximum absolute atomic E-state index is 12.7. The van der Waals surface area contributed by atoms with Gasteiger partial charge >= 0.3 is 6.01 Å². The number of nitrogens with two attached hydrogens (primary N) is 1. The Kier molecular flexibility index (Phi) is 8.24. The van der Waals surface area contributed by atoms with Crippen molar-refractivity contribution >= 4 is 11.9 Å². The SMILES string of the molecule is CC(C)c1noc(N2CCC(CCCOc3ccc([C@@H](N)C(=O)N4CCCC4C#N)cc3)CC2)n1. The summed E-state index contributed by atoms with van der Waals surface area (Å²) in [6.45, 7) is 7.27. The van der Waals surface area contributed by atoms with E-state index in [1.165, 1.54) is 0 Å². The van der Waals surface area contributed by atoms with E-state index >= 15 is 0 Å².